The maximum Gasteiger partial charge on any atom is 0.144 e. The number of nitrogens with zero attached hydrogens (tertiary/aromatic N) is 1. The van der Waals surface area contributed by atoms with Gasteiger partial charge in [0.25, 0.3) is 0 Å². The Balaban J connectivity index is 1.55. The fourth-order valence-corrected chi connectivity index (χ4v) is 3.87. The lowest BCUT2D eigenvalue weighted by molar-refractivity contribution is -0.297. The smallest absolute Gasteiger partial charge is 0.144 e. The summed E-state index contributed by atoms with van der Waals surface area (Å²) in [6.45, 7) is 0.494. The van der Waals surface area contributed by atoms with Crippen molar-refractivity contribution in [3.05, 3.63) is 89.5 Å². The van der Waals surface area contributed by atoms with Gasteiger partial charge in [0.15, 0.2) is 0 Å². The van der Waals surface area contributed by atoms with Crippen LogP contribution < -0.4 is 14.6 Å². The van der Waals surface area contributed by atoms with Gasteiger partial charge in [0, 0.05) is 10.6 Å². The quantitative estimate of drug-likeness (QED) is 0.219. The molecular weight excluding hydrogens is 441 g/mol. The van der Waals surface area contributed by atoms with Gasteiger partial charge in [-0.2, -0.15) is 0 Å². The summed E-state index contributed by atoms with van der Waals surface area (Å²) in [4.78, 5) is 16.3. The maximum atomic E-state index is 13.1. The Morgan fingerprint density at radius 1 is 1.06 bits per heavy atom. The molecule has 0 bridgehead atoms. The van der Waals surface area contributed by atoms with E-state index in [0.29, 0.717) is 23.8 Å². The number of halogens is 1. The third-order valence-electron chi connectivity index (χ3n) is 4.80. The molecular formula is C26H25FNO4S-. The third-order valence-corrected chi connectivity index (χ3v) is 5.84. The second-order valence-corrected chi connectivity index (χ2v) is 8.28. The molecule has 0 amide bonds. The van der Waals surface area contributed by atoms with E-state index in [0.717, 1.165) is 41.7 Å². The number of pyridine rings is 1. The molecule has 0 saturated carbocycles. The zero-order chi connectivity index (χ0) is 23.5. The van der Waals surface area contributed by atoms with Crippen molar-refractivity contribution in [1.82, 2.24) is 4.98 Å². The van der Waals surface area contributed by atoms with E-state index in [9.17, 15) is 14.3 Å². The number of carboxylic acid groups (broad SMARTS) is 1. The summed E-state index contributed by atoms with van der Waals surface area (Å²) in [5.74, 6) is 0.338. The first-order chi connectivity index (χ1) is 16.0. The molecule has 1 heterocycles. The van der Waals surface area contributed by atoms with Crippen LogP contribution in [-0.2, 0) is 17.0 Å². The van der Waals surface area contributed by atoms with Gasteiger partial charge >= 0.3 is 0 Å². The second-order valence-electron chi connectivity index (χ2n) is 7.23. The van der Waals surface area contributed by atoms with E-state index in [1.807, 2.05) is 18.2 Å². The Hall–Kier alpha value is -3.32. The van der Waals surface area contributed by atoms with E-state index in [4.69, 9.17) is 9.47 Å². The molecule has 0 spiro atoms. The molecule has 0 saturated heterocycles. The van der Waals surface area contributed by atoms with E-state index in [-0.39, 0.29) is 5.82 Å². The van der Waals surface area contributed by atoms with Gasteiger partial charge in [-0.15, -0.1) is 11.8 Å². The lowest BCUT2D eigenvalue weighted by Gasteiger charge is -2.11. The van der Waals surface area contributed by atoms with E-state index in [1.165, 1.54) is 35.5 Å². The monoisotopic (exact) mass is 466 g/mol. The number of hydrogen-bond donors (Lipinski definition) is 0. The number of benzene rings is 2. The van der Waals surface area contributed by atoms with Gasteiger partial charge < -0.3 is 19.4 Å². The standard InChI is InChI=1S/C26H26FNO4S/c1-31-22-10-5-19(6-11-22)4-2-3-17-32-25-15-9-21(28-24(25)14-16-26(29)30)18-33-23-12-7-20(27)8-13-23/h5-16H,2-4,17-18H2,1H3,(H,29,30)/p-1/b16-14+. The molecule has 0 atom stereocenters. The van der Waals surface area contributed by atoms with Crippen LogP contribution in [0.1, 0.15) is 29.8 Å². The molecule has 0 N–H and O–H groups in total. The van der Waals surface area contributed by atoms with Crippen LogP contribution >= 0.6 is 11.8 Å². The number of aryl methyl sites for hydroxylation is 1. The lowest BCUT2D eigenvalue weighted by Crippen LogP contribution is -2.18. The van der Waals surface area contributed by atoms with Crippen molar-refractivity contribution in [3.8, 4) is 11.5 Å². The normalized spacial score (nSPS) is 11.0. The number of ether oxygens (including phenoxy) is 2. The first-order valence-corrected chi connectivity index (χ1v) is 11.5. The summed E-state index contributed by atoms with van der Waals surface area (Å²) in [5, 5.41) is 10.9. The Labute approximate surface area is 197 Å². The van der Waals surface area contributed by atoms with Gasteiger partial charge in [0.1, 0.15) is 23.0 Å². The molecule has 0 aliphatic carbocycles. The molecule has 5 nitrogen and oxygen atoms in total. The summed E-state index contributed by atoms with van der Waals surface area (Å²) >= 11 is 1.52. The molecule has 33 heavy (non-hydrogen) atoms. The van der Waals surface area contributed by atoms with Crippen LogP contribution in [0.25, 0.3) is 6.08 Å². The third kappa shape index (κ3) is 8.27. The predicted molar refractivity (Wildman–Crippen MR) is 126 cm³/mol. The molecule has 3 aromatic rings. The maximum absolute atomic E-state index is 13.1. The highest BCUT2D eigenvalue weighted by Crippen LogP contribution is 2.25. The van der Waals surface area contributed by atoms with Crippen molar-refractivity contribution in [2.24, 2.45) is 0 Å². The molecule has 0 fully saturated rings. The summed E-state index contributed by atoms with van der Waals surface area (Å²) < 4.78 is 24.1. The summed E-state index contributed by atoms with van der Waals surface area (Å²) in [6, 6.07) is 17.9. The van der Waals surface area contributed by atoms with Crippen LogP contribution in [0.15, 0.2) is 71.6 Å². The number of aliphatic carboxylic acids is 1. The molecule has 172 valence electrons. The van der Waals surface area contributed by atoms with Crippen LogP contribution in [0, 0.1) is 5.82 Å². The summed E-state index contributed by atoms with van der Waals surface area (Å²) in [7, 11) is 1.65. The molecule has 0 unspecified atom stereocenters. The molecule has 3 rings (SSSR count). The van der Waals surface area contributed by atoms with Crippen molar-refractivity contribution in [2.75, 3.05) is 13.7 Å². The fraction of sp³-hybridized carbons (Fsp3) is 0.231. The van der Waals surface area contributed by atoms with E-state index >= 15 is 0 Å². The first-order valence-electron chi connectivity index (χ1n) is 10.6. The van der Waals surface area contributed by atoms with Crippen LogP contribution in [0.3, 0.4) is 0 Å². The topological polar surface area (TPSA) is 71.5 Å². The van der Waals surface area contributed by atoms with Gasteiger partial charge in [0.05, 0.1) is 25.4 Å². The molecule has 2 aromatic carbocycles. The Morgan fingerprint density at radius 2 is 1.82 bits per heavy atom. The van der Waals surface area contributed by atoms with E-state index in [1.54, 1.807) is 25.3 Å². The minimum atomic E-state index is -1.30. The molecule has 0 aliphatic heterocycles. The molecule has 7 heteroatoms. The van der Waals surface area contributed by atoms with Crippen molar-refractivity contribution in [3.63, 3.8) is 0 Å². The molecule has 0 aliphatic rings. The summed E-state index contributed by atoms with van der Waals surface area (Å²) in [6.07, 6.45) is 5.06. The Kier molecular flexibility index (Phi) is 9.32. The minimum Gasteiger partial charge on any atom is -0.545 e. The molecule has 0 radical (unpaired) electrons. The van der Waals surface area contributed by atoms with Gasteiger partial charge in [-0.25, -0.2) is 9.37 Å². The number of hydrogen-bond acceptors (Lipinski definition) is 6. The largest absolute Gasteiger partial charge is 0.545 e. The second kappa shape index (κ2) is 12.6. The Bertz CT molecular complexity index is 1070. The van der Waals surface area contributed by atoms with Gasteiger partial charge in [-0.1, -0.05) is 12.1 Å². The van der Waals surface area contributed by atoms with E-state index < -0.39 is 5.97 Å². The number of carbonyl (C=O) groups excluding carboxylic acids is 1. The number of thioether (sulfide) groups is 1. The van der Waals surface area contributed by atoms with Crippen LogP contribution in [0.4, 0.5) is 4.39 Å². The number of methoxy groups -OCH3 is 1. The number of aromatic nitrogens is 1. The van der Waals surface area contributed by atoms with Crippen molar-refractivity contribution >= 4 is 23.8 Å². The molecule has 1 aromatic heterocycles. The van der Waals surface area contributed by atoms with Crippen molar-refractivity contribution < 1.29 is 23.8 Å². The summed E-state index contributed by atoms with van der Waals surface area (Å²) in [5.41, 5.74) is 2.43. The van der Waals surface area contributed by atoms with E-state index in [2.05, 4.69) is 17.1 Å². The highest BCUT2D eigenvalue weighted by Gasteiger charge is 2.07. The van der Waals surface area contributed by atoms with Crippen LogP contribution in [-0.4, -0.2) is 24.7 Å². The van der Waals surface area contributed by atoms with Crippen molar-refractivity contribution in [1.29, 1.82) is 0 Å². The van der Waals surface area contributed by atoms with Gasteiger partial charge in [0.2, 0.25) is 0 Å². The van der Waals surface area contributed by atoms with Crippen LogP contribution in [0.5, 0.6) is 11.5 Å². The average Bonchev–Trinajstić information content (AvgIpc) is 2.83. The first kappa shape index (κ1) is 24.3. The van der Waals surface area contributed by atoms with Gasteiger partial charge in [-0.3, -0.25) is 0 Å². The van der Waals surface area contributed by atoms with Gasteiger partial charge in [-0.05, 0) is 85.5 Å². The average molecular weight is 467 g/mol. The highest BCUT2D eigenvalue weighted by molar-refractivity contribution is 7.98. The SMILES string of the molecule is COc1ccc(CCCCOc2ccc(CSc3ccc(F)cc3)nc2/C=C/C(=O)[O-])cc1. The fourth-order valence-electron chi connectivity index (χ4n) is 3.07. The Morgan fingerprint density at radius 3 is 2.52 bits per heavy atom. The zero-order valence-corrected chi connectivity index (χ0v) is 19.1. The lowest BCUT2D eigenvalue weighted by atomic mass is 10.1. The highest BCUT2D eigenvalue weighted by atomic mass is 32.2. The minimum absolute atomic E-state index is 0.280. The number of carbonyl (C=O) groups is 1. The number of carboxylic acids is 1. The number of unbranched alkanes of at least 4 members (excludes halogenated alkanes) is 1. The number of rotatable bonds is 12. The van der Waals surface area contributed by atoms with Crippen molar-refractivity contribution in [2.45, 2.75) is 29.9 Å². The predicted octanol–water partition coefficient (Wildman–Crippen LogP) is 4.69. The van der Waals surface area contributed by atoms with Crippen LogP contribution in [0.2, 0.25) is 0 Å². The zero-order valence-electron chi connectivity index (χ0n) is 18.3.